The predicted octanol–water partition coefficient (Wildman–Crippen LogP) is 1.84. The number of nitrogen functional groups attached to an aromatic ring is 1. The Hall–Kier alpha value is -1.71. The fourth-order valence-electron chi connectivity index (χ4n) is 1.37. The van der Waals surface area contributed by atoms with Crippen LogP contribution in [-0.4, -0.2) is 19.0 Å². The van der Waals surface area contributed by atoms with E-state index in [4.69, 9.17) is 5.73 Å². The molecule has 1 aromatic carbocycles. The van der Waals surface area contributed by atoms with Crippen LogP contribution in [0.3, 0.4) is 0 Å². The molecule has 1 rings (SSSR count). The van der Waals surface area contributed by atoms with Crippen LogP contribution in [0, 0.1) is 0 Å². The van der Waals surface area contributed by atoms with Crippen molar-refractivity contribution in [3.8, 4) is 0 Å². The summed E-state index contributed by atoms with van der Waals surface area (Å²) in [4.78, 5) is 11.6. The lowest BCUT2D eigenvalue weighted by atomic mass is 10.1. The quantitative estimate of drug-likeness (QED) is 0.665. The minimum atomic E-state index is -0.0675. The molecule has 0 fully saturated rings. The molecule has 4 N–H and O–H groups in total. The van der Waals surface area contributed by atoms with Crippen molar-refractivity contribution in [3.05, 3.63) is 23.8 Å². The van der Waals surface area contributed by atoms with Crippen LogP contribution in [0.2, 0.25) is 0 Å². The lowest BCUT2D eigenvalue weighted by Gasteiger charge is -2.10. The van der Waals surface area contributed by atoms with E-state index < -0.39 is 0 Å². The fraction of sp³-hybridized carbons (Fsp3) is 0.417. The van der Waals surface area contributed by atoms with E-state index in [9.17, 15) is 4.79 Å². The molecule has 16 heavy (non-hydrogen) atoms. The number of carbonyl (C=O) groups excluding carboxylic acids is 1. The summed E-state index contributed by atoms with van der Waals surface area (Å²) in [5.41, 5.74) is 7.94. The van der Waals surface area contributed by atoms with Crippen LogP contribution in [-0.2, 0) is 0 Å². The van der Waals surface area contributed by atoms with Crippen molar-refractivity contribution in [1.82, 2.24) is 5.32 Å². The van der Waals surface area contributed by atoms with Gasteiger partial charge in [-0.05, 0) is 31.5 Å². The van der Waals surface area contributed by atoms with Gasteiger partial charge in [-0.25, -0.2) is 0 Å². The summed E-state index contributed by atoms with van der Waals surface area (Å²) in [7, 11) is 0. The lowest BCUT2D eigenvalue weighted by Crippen LogP contribution is -2.22. The normalized spacial score (nSPS) is 9.88. The van der Waals surface area contributed by atoms with E-state index >= 15 is 0 Å². The van der Waals surface area contributed by atoms with Crippen LogP contribution < -0.4 is 16.4 Å². The molecule has 4 nitrogen and oxygen atoms in total. The van der Waals surface area contributed by atoms with Gasteiger partial charge in [-0.2, -0.15) is 0 Å². The van der Waals surface area contributed by atoms with Gasteiger partial charge in [0.15, 0.2) is 0 Å². The van der Waals surface area contributed by atoms with E-state index in [2.05, 4.69) is 17.6 Å². The van der Waals surface area contributed by atoms with E-state index in [1.54, 1.807) is 18.2 Å². The summed E-state index contributed by atoms with van der Waals surface area (Å²) in [6, 6.07) is 5.27. The Morgan fingerprint density at radius 3 is 2.75 bits per heavy atom. The highest BCUT2D eigenvalue weighted by molar-refractivity contribution is 5.96. The predicted molar refractivity (Wildman–Crippen MR) is 67.6 cm³/mol. The van der Waals surface area contributed by atoms with Crippen molar-refractivity contribution in [2.75, 3.05) is 24.1 Å². The first kappa shape index (κ1) is 12.4. The van der Waals surface area contributed by atoms with Crippen molar-refractivity contribution in [3.63, 3.8) is 0 Å². The van der Waals surface area contributed by atoms with Gasteiger partial charge in [0.05, 0.1) is 11.4 Å². The molecule has 0 spiro atoms. The highest BCUT2D eigenvalue weighted by Gasteiger charge is 2.06. The first-order valence-corrected chi connectivity index (χ1v) is 5.60. The molecule has 1 aromatic rings. The zero-order valence-corrected chi connectivity index (χ0v) is 9.84. The van der Waals surface area contributed by atoms with Crippen LogP contribution in [0.25, 0.3) is 0 Å². The number of nitrogens with one attached hydrogen (secondary N) is 2. The maximum atomic E-state index is 11.6. The van der Waals surface area contributed by atoms with Crippen molar-refractivity contribution in [2.45, 2.75) is 20.3 Å². The standard InChI is InChI=1S/C12H19N3O/c1-3-7-15-11-8-9(5-6-10(11)13)12(16)14-4-2/h5-6,8,15H,3-4,7,13H2,1-2H3,(H,14,16). The summed E-state index contributed by atoms with van der Waals surface area (Å²) in [6.07, 6.45) is 1.02. The van der Waals surface area contributed by atoms with Gasteiger partial charge in [0.2, 0.25) is 0 Å². The largest absolute Gasteiger partial charge is 0.397 e. The lowest BCUT2D eigenvalue weighted by molar-refractivity contribution is 0.0956. The van der Waals surface area contributed by atoms with Gasteiger partial charge in [-0.1, -0.05) is 6.92 Å². The average molecular weight is 221 g/mol. The summed E-state index contributed by atoms with van der Waals surface area (Å²) in [5, 5.41) is 5.95. The maximum Gasteiger partial charge on any atom is 0.251 e. The van der Waals surface area contributed by atoms with Gasteiger partial charge in [-0.3, -0.25) is 4.79 Å². The molecule has 0 aromatic heterocycles. The Kier molecular flexibility index (Phi) is 4.64. The van der Waals surface area contributed by atoms with E-state index in [-0.39, 0.29) is 5.91 Å². The number of amides is 1. The number of hydrogen-bond donors (Lipinski definition) is 3. The molecule has 0 aliphatic rings. The zero-order chi connectivity index (χ0) is 12.0. The van der Waals surface area contributed by atoms with Crippen LogP contribution in [0.15, 0.2) is 18.2 Å². The minimum Gasteiger partial charge on any atom is -0.397 e. The number of hydrogen-bond acceptors (Lipinski definition) is 3. The monoisotopic (exact) mass is 221 g/mol. The molecular formula is C12H19N3O. The fourth-order valence-corrected chi connectivity index (χ4v) is 1.37. The van der Waals surface area contributed by atoms with E-state index in [1.807, 2.05) is 6.92 Å². The van der Waals surface area contributed by atoms with Gasteiger partial charge < -0.3 is 16.4 Å². The molecule has 0 heterocycles. The smallest absolute Gasteiger partial charge is 0.251 e. The summed E-state index contributed by atoms with van der Waals surface area (Å²) >= 11 is 0. The first-order chi connectivity index (χ1) is 7.69. The van der Waals surface area contributed by atoms with Gasteiger partial charge in [0.25, 0.3) is 5.91 Å². The van der Waals surface area contributed by atoms with Crippen molar-refractivity contribution < 1.29 is 4.79 Å². The second-order valence-corrected chi connectivity index (χ2v) is 3.59. The molecule has 0 bridgehead atoms. The van der Waals surface area contributed by atoms with E-state index in [1.165, 1.54) is 0 Å². The van der Waals surface area contributed by atoms with Gasteiger partial charge >= 0.3 is 0 Å². The highest BCUT2D eigenvalue weighted by atomic mass is 16.1. The van der Waals surface area contributed by atoms with Gasteiger partial charge in [-0.15, -0.1) is 0 Å². The number of anilines is 2. The molecule has 0 saturated carbocycles. The Bertz CT molecular complexity index is 363. The zero-order valence-electron chi connectivity index (χ0n) is 9.84. The third kappa shape index (κ3) is 3.15. The molecule has 0 aliphatic heterocycles. The first-order valence-electron chi connectivity index (χ1n) is 5.60. The second-order valence-electron chi connectivity index (χ2n) is 3.59. The Morgan fingerprint density at radius 2 is 2.12 bits per heavy atom. The number of carbonyl (C=O) groups is 1. The molecule has 0 atom stereocenters. The Labute approximate surface area is 96.2 Å². The van der Waals surface area contributed by atoms with Crippen molar-refractivity contribution >= 4 is 17.3 Å². The summed E-state index contributed by atoms with van der Waals surface area (Å²) in [5.74, 6) is -0.0675. The molecule has 4 heteroatoms. The average Bonchev–Trinajstić information content (AvgIpc) is 2.28. The minimum absolute atomic E-state index is 0.0675. The molecule has 0 saturated heterocycles. The molecule has 0 unspecified atom stereocenters. The van der Waals surface area contributed by atoms with Gasteiger partial charge in [0.1, 0.15) is 0 Å². The van der Waals surface area contributed by atoms with E-state index in [0.717, 1.165) is 18.7 Å². The molecule has 1 amide bonds. The molecule has 0 radical (unpaired) electrons. The second kappa shape index (κ2) is 6.00. The number of benzene rings is 1. The third-order valence-electron chi connectivity index (χ3n) is 2.22. The molecular weight excluding hydrogens is 202 g/mol. The maximum absolute atomic E-state index is 11.6. The SMILES string of the molecule is CCCNc1cc(C(=O)NCC)ccc1N. The van der Waals surface area contributed by atoms with Gasteiger partial charge in [0, 0.05) is 18.7 Å². The van der Waals surface area contributed by atoms with Crippen LogP contribution >= 0.6 is 0 Å². The number of nitrogens with two attached hydrogens (primary N) is 1. The van der Waals surface area contributed by atoms with Crippen LogP contribution in [0.5, 0.6) is 0 Å². The Balaban J connectivity index is 2.84. The summed E-state index contributed by atoms with van der Waals surface area (Å²) < 4.78 is 0. The van der Waals surface area contributed by atoms with Crippen LogP contribution in [0.1, 0.15) is 30.6 Å². The molecule has 88 valence electrons. The Morgan fingerprint density at radius 1 is 1.38 bits per heavy atom. The number of rotatable bonds is 5. The molecule has 0 aliphatic carbocycles. The third-order valence-corrected chi connectivity index (χ3v) is 2.22. The van der Waals surface area contributed by atoms with Crippen molar-refractivity contribution in [1.29, 1.82) is 0 Å². The highest BCUT2D eigenvalue weighted by Crippen LogP contribution is 2.19. The van der Waals surface area contributed by atoms with E-state index in [0.29, 0.717) is 17.8 Å². The van der Waals surface area contributed by atoms with Crippen molar-refractivity contribution in [2.24, 2.45) is 0 Å². The van der Waals surface area contributed by atoms with Crippen LogP contribution in [0.4, 0.5) is 11.4 Å². The summed E-state index contributed by atoms with van der Waals surface area (Å²) in [6.45, 7) is 5.45. The topological polar surface area (TPSA) is 67.2 Å².